The number of carbonyl (C=O) groups is 1. The second-order valence-corrected chi connectivity index (χ2v) is 8.62. The van der Waals surface area contributed by atoms with E-state index in [1.54, 1.807) is 18.2 Å². The number of hydrogen-bond donors (Lipinski definition) is 1. The lowest BCUT2D eigenvalue weighted by molar-refractivity contribution is -0.0500. The van der Waals surface area contributed by atoms with E-state index in [9.17, 15) is 22.0 Å². The summed E-state index contributed by atoms with van der Waals surface area (Å²) in [5.41, 5.74) is 5.93. The normalized spacial score (nSPS) is 11.7. The zero-order valence-corrected chi connectivity index (χ0v) is 17.1. The molecule has 154 valence electrons. The summed E-state index contributed by atoms with van der Waals surface area (Å²) in [4.78, 5) is 10.6. The van der Waals surface area contributed by atoms with E-state index in [1.807, 2.05) is 0 Å². The Morgan fingerprint density at radius 2 is 1.97 bits per heavy atom. The van der Waals surface area contributed by atoms with Crippen LogP contribution in [0, 0.1) is 0 Å². The van der Waals surface area contributed by atoms with Crippen LogP contribution < -0.4 is 10.5 Å². The van der Waals surface area contributed by atoms with Gasteiger partial charge in [0.25, 0.3) is 10.0 Å². The van der Waals surface area contributed by atoms with Crippen LogP contribution in [0.15, 0.2) is 58.0 Å². The number of ether oxygens (including phenoxy) is 2. The molecular formula is C18H15BrF2N2O5S. The number of aromatic nitrogens is 1. The lowest BCUT2D eigenvalue weighted by atomic mass is 10.1. The van der Waals surface area contributed by atoms with Gasteiger partial charge in [-0.15, -0.1) is 0 Å². The maximum atomic E-state index is 13.2. The quantitative estimate of drug-likeness (QED) is 0.543. The van der Waals surface area contributed by atoms with Crippen LogP contribution in [-0.2, 0) is 21.2 Å². The van der Waals surface area contributed by atoms with Crippen molar-refractivity contribution in [2.45, 2.75) is 17.9 Å². The van der Waals surface area contributed by atoms with Gasteiger partial charge in [-0.25, -0.2) is 17.2 Å². The minimum Gasteiger partial charge on any atom is -0.449 e. The summed E-state index contributed by atoms with van der Waals surface area (Å²) in [7, 11) is -4.12. The topological polar surface area (TPSA) is 101 Å². The Labute approximate surface area is 173 Å². The number of nitrogens with two attached hydrogens (primary N) is 1. The summed E-state index contributed by atoms with van der Waals surface area (Å²) < 4.78 is 62.1. The molecule has 11 heteroatoms. The van der Waals surface area contributed by atoms with Gasteiger partial charge < -0.3 is 15.2 Å². The van der Waals surface area contributed by atoms with E-state index < -0.39 is 22.7 Å². The second kappa shape index (κ2) is 8.37. The summed E-state index contributed by atoms with van der Waals surface area (Å²) in [5, 5.41) is 0.629. The second-order valence-electron chi connectivity index (χ2n) is 5.89. The van der Waals surface area contributed by atoms with Gasteiger partial charge in [0.1, 0.15) is 5.75 Å². The average Bonchev–Trinajstić information content (AvgIpc) is 2.99. The maximum Gasteiger partial charge on any atom is 0.404 e. The first-order valence-electron chi connectivity index (χ1n) is 8.20. The molecular weight excluding hydrogens is 474 g/mol. The van der Waals surface area contributed by atoms with Crippen molar-refractivity contribution in [3.8, 4) is 5.75 Å². The highest BCUT2D eigenvalue weighted by molar-refractivity contribution is 9.10. The third-order valence-electron chi connectivity index (χ3n) is 4.02. The number of halogens is 3. The summed E-state index contributed by atoms with van der Waals surface area (Å²) in [6, 6.07) is 9.95. The minimum absolute atomic E-state index is 0.0255. The average molecular weight is 489 g/mol. The van der Waals surface area contributed by atoms with Crippen LogP contribution >= 0.6 is 15.9 Å². The van der Waals surface area contributed by atoms with Gasteiger partial charge in [-0.2, -0.15) is 8.78 Å². The first-order chi connectivity index (χ1) is 13.7. The molecule has 1 heterocycles. The van der Waals surface area contributed by atoms with Crippen LogP contribution in [0.2, 0.25) is 0 Å². The largest absolute Gasteiger partial charge is 0.449 e. The number of rotatable bonds is 7. The van der Waals surface area contributed by atoms with Crippen molar-refractivity contribution in [2.75, 3.05) is 6.61 Å². The molecule has 0 saturated carbocycles. The number of carbonyl (C=O) groups excluding carboxylic acids is 1. The van der Waals surface area contributed by atoms with E-state index >= 15 is 0 Å². The molecule has 2 aromatic carbocycles. The zero-order valence-electron chi connectivity index (χ0n) is 14.7. The van der Waals surface area contributed by atoms with Crippen LogP contribution in [0.4, 0.5) is 13.6 Å². The number of hydrogen-bond acceptors (Lipinski definition) is 5. The molecule has 1 aromatic heterocycles. The van der Waals surface area contributed by atoms with Crippen molar-refractivity contribution >= 4 is 42.9 Å². The first kappa shape index (κ1) is 21.1. The molecule has 0 aliphatic heterocycles. The molecule has 0 radical (unpaired) electrons. The molecule has 7 nitrogen and oxygen atoms in total. The van der Waals surface area contributed by atoms with Gasteiger partial charge in [-0.05, 0) is 29.8 Å². The molecule has 0 spiro atoms. The highest BCUT2D eigenvalue weighted by Gasteiger charge is 2.22. The smallest absolute Gasteiger partial charge is 0.404 e. The van der Waals surface area contributed by atoms with Crippen LogP contribution in [-0.4, -0.2) is 31.7 Å². The van der Waals surface area contributed by atoms with Gasteiger partial charge in [0, 0.05) is 28.5 Å². The Balaban J connectivity index is 2.08. The van der Waals surface area contributed by atoms with Gasteiger partial charge in [-0.1, -0.05) is 28.1 Å². The van der Waals surface area contributed by atoms with Crippen LogP contribution in [0.5, 0.6) is 5.75 Å². The lowest BCUT2D eigenvalue weighted by Crippen LogP contribution is -2.15. The van der Waals surface area contributed by atoms with Crippen LogP contribution in [0.25, 0.3) is 10.9 Å². The summed E-state index contributed by atoms with van der Waals surface area (Å²) in [6.07, 6.45) is 0.704. The van der Waals surface area contributed by atoms with Crippen molar-refractivity contribution in [3.63, 3.8) is 0 Å². The Morgan fingerprint density at radius 3 is 2.66 bits per heavy atom. The van der Waals surface area contributed by atoms with Crippen molar-refractivity contribution < 1.29 is 31.5 Å². The number of fused-ring (bicyclic) bond motifs is 1. The minimum atomic E-state index is -4.12. The molecule has 2 N–H and O–H groups in total. The number of nitrogens with zero attached hydrogens (tertiary/aromatic N) is 1. The van der Waals surface area contributed by atoms with E-state index in [2.05, 4.69) is 20.7 Å². The van der Waals surface area contributed by atoms with Gasteiger partial charge in [-0.3, -0.25) is 0 Å². The Morgan fingerprint density at radius 1 is 1.21 bits per heavy atom. The Bertz CT molecular complexity index is 1160. The molecule has 1 amide bonds. The predicted molar refractivity (Wildman–Crippen MR) is 105 cm³/mol. The Kier molecular flexibility index (Phi) is 6.08. The SMILES string of the molecule is NC(=O)OCCc1cn(S(=O)(=O)c2cccc(OC(F)F)c2)c2cc(Br)ccc12. The summed E-state index contributed by atoms with van der Waals surface area (Å²) >= 11 is 3.31. The van der Waals surface area contributed by atoms with Gasteiger partial charge in [0.15, 0.2) is 0 Å². The Hall–Kier alpha value is -2.66. The maximum absolute atomic E-state index is 13.2. The zero-order chi connectivity index (χ0) is 21.2. The standard InChI is InChI=1S/C18H15BrF2N2O5S/c19-12-4-5-15-11(6-7-27-18(22)24)10-23(16(15)8-12)29(25,26)14-3-1-2-13(9-14)28-17(20)21/h1-5,8-10,17H,6-7H2,(H2,22,24). The molecule has 3 aromatic rings. The lowest BCUT2D eigenvalue weighted by Gasteiger charge is -2.10. The fraction of sp³-hybridized carbons (Fsp3) is 0.167. The number of alkyl halides is 2. The highest BCUT2D eigenvalue weighted by atomic mass is 79.9. The monoisotopic (exact) mass is 488 g/mol. The molecule has 0 unspecified atom stereocenters. The van der Waals surface area contributed by atoms with Crippen molar-refractivity contribution in [2.24, 2.45) is 5.73 Å². The fourth-order valence-electron chi connectivity index (χ4n) is 2.82. The van der Waals surface area contributed by atoms with Crippen LogP contribution in [0.3, 0.4) is 0 Å². The van der Waals surface area contributed by atoms with E-state index in [0.717, 1.165) is 10.0 Å². The highest BCUT2D eigenvalue weighted by Crippen LogP contribution is 2.30. The number of primary amides is 1. The molecule has 0 bridgehead atoms. The third kappa shape index (κ3) is 4.67. The number of amides is 1. The van der Waals surface area contributed by atoms with Crippen molar-refractivity contribution in [3.05, 3.63) is 58.7 Å². The number of benzene rings is 2. The molecule has 0 saturated heterocycles. The molecule has 29 heavy (non-hydrogen) atoms. The van der Waals surface area contributed by atoms with Crippen molar-refractivity contribution in [1.29, 1.82) is 0 Å². The molecule has 0 fully saturated rings. The van der Waals surface area contributed by atoms with E-state index in [-0.39, 0.29) is 23.7 Å². The van der Waals surface area contributed by atoms with E-state index in [1.165, 1.54) is 24.4 Å². The predicted octanol–water partition coefficient (Wildman–Crippen LogP) is 3.88. The molecule has 0 atom stereocenters. The first-order valence-corrected chi connectivity index (χ1v) is 10.4. The van der Waals surface area contributed by atoms with Gasteiger partial charge >= 0.3 is 12.7 Å². The fourth-order valence-corrected chi connectivity index (χ4v) is 4.59. The van der Waals surface area contributed by atoms with Gasteiger partial charge in [0.05, 0.1) is 17.0 Å². The van der Waals surface area contributed by atoms with Gasteiger partial charge in [0.2, 0.25) is 0 Å². The summed E-state index contributed by atoms with van der Waals surface area (Å²) in [5.74, 6) is -0.270. The molecule has 0 aliphatic carbocycles. The molecule has 0 aliphatic rings. The van der Waals surface area contributed by atoms with Crippen molar-refractivity contribution in [1.82, 2.24) is 3.97 Å². The molecule has 3 rings (SSSR count). The van der Waals surface area contributed by atoms with E-state index in [0.29, 0.717) is 20.9 Å². The third-order valence-corrected chi connectivity index (χ3v) is 6.18. The van der Waals surface area contributed by atoms with Crippen LogP contribution in [0.1, 0.15) is 5.56 Å². The summed E-state index contributed by atoms with van der Waals surface area (Å²) in [6.45, 7) is -3.10. The van der Waals surface area contributed by atoms with E-state index in [4.69, 9.17) is 10.5 Å².